The van der Waals surface area contributed by atoms with E-state index in [1.54, 1.807) is 6.07 Å². The Morgan fingerprint density at radius 3 is 1.85 bits per heavy atom. The van der Waals surface area contributed by atoms with Crippen molar-refractivity contribution in [3.8, 4) is 0 Å². The predicted molar refractivity (Wildman–Crippen MR) is 63.2 cm³/mol. The largest absolute Gasteiger partial charge is 1.00 e. The molecule has 0 spiro atoms. The van der Waals surface area contributed by atoms with Crippen LogP contribution in [0.4, 0.5) is 0 Å². The SMILES string of the molecule is CCc1ccc(C(=O)[O-])c(C(=O)[O-])c1C(C)(C)C.[Na+].[Na+]. The van der Waals surface area contributed by atoms with Gasteiger partial charge in [0, 0.05) is 11.1 Å². The second-order valence-electron chi connectivity index (χ2n) is 5.20. The van der Waals surface area contributed by atoms with Crippen LogP contribution in [-0.2, 0) is 11.8 Å². The predicted octanol–water partition coefficient (Wildman–Crippen LogP) is -5.72. The number of hydrogen-bond acceptors (Lipinski definition) is 4. The minimum Gasteiger partial charge on any atom is -0.545 e. The molecule has 0 aliphatic rings. The second-order valence-corrected chi connectivity index (χ2v) is 5.20. The van der Waals surface area contributed by atoms with Crippen LogP contribution < -0.4 is 69.3 Å². The fourth-order valence-corrected chi connectivity index (χ4v) is 2.18. The van der Waals surface area contributed by atoms with Crippen molar-refractivity contribution in [3.05, 3.63) is 34.4 Å². The summed E-state index contributed by atoms with van der Waals surface area (Å²) >= 11 is 0. The molecule has 0 aliphatic carbocycles. The molecule has 4 nitrogen and oxygen atoms in total. The Labute approximate surface area is 163 Å². The van der Waals surface area contributed by atoms with Gasteiger partial charge in [0.1, 0.15) is 0 Å². The van der Waals surface area contributed by atoms with Gasteiger partial charge in [0.05, 0.1) is 11.9 Å². The van der Waals surface area contributed by atoms with Crippen LogP contribution in [0.2, 0.25) is 0 Å². The number of rotatable bonds is 3. The summed E-state index contributed by atoms with van der Waals surface area (Å²) in [6.07, 6.45) is 0.625. The molecule has 0 atom stereocenters. The zero-order chi connectivity index (χ0) is 14.1. The molecule has 1 rings (SSSR count). The Hall–Kier alpha value is 0.160. The molecular formula is C14H16Na2O4. The standard InChI is InChI=1S/C14H18O4.2Na/c1-5-8-6-7-9(12(15)16)10(13(17)18)11(8)14(2,3)4;;/h6-7H,5H2,1-4H3,(H,15,16)(H,17,18);;/q;2*+1/p-2. The number of hydrogen-bond donors (Lipinski definition) is 0. The van der Waals surface area contributed by atoms with Gasteiger partial charge in [-0.1, -0.05) is 39.8 Å². The summed E-state index contributed by atoms with van der Waals surface area (Å²) in [6, 6.07) is 2.91. The van der Waals surface area contributed by atoms with Gasteiger partial charge >= 0.3 is 59.1 Å². The van der Waals surface area contributed by atoms with Crippen LogP contribution in [0.25, 0.3) is 0 Å². The number of carboxylic acid groups (broad SMARTS) is 2. The van der Waals surface area contributed by atoms with Gasteiger partial charge in [0.25, 0.3) is 0 Å². The molecule has 98 valence electrons. The van der Waals surface area contributed by atoms with Gasteiger partial charge in [-0.15, -0.1) is 0 Å². The van der Waals surface area contributed by atoms with Crippen molar-refractivity contribution in [2.75, 3.05) is 0 Å². The maximum absolute atomic E-state index is 11.3. The molecule has 0 saturated carbocycles. The van der Waals surface area contributed by atoms with Gasteiger partial charge < -0.3 is 19.8 Å². The van der Waals surface area contributed by atoms with Crippen molar-refractivity contribution in [2.24, 2.45) is 0 Å². The molecule has 0 amide bonds. The average molecular weight is 294 g/mol. The third kappa shape index (κ3) is 4.86. The first kappa shape index (κ1) is 22.4. The fraction of sp³-hybridized carbons (Fsp3) is 0.429. The topological polar surface area (TPSA) is 80.3 Å². The monoisotopic (exact) mass is 294 g/mol. The maximum atomic E-state index is 11.3. The van der Waals surface area contributed by atoms with Crippen LogP contribution in [0.15, 0.2) is 12.1 Å². The Bertz CT molecular complexity index is 505. The van der Waals surface area contributed by atoms with Gasteiger partial charge in [0.2, 0.25) is 0 Å². The van der Waals surface area contributed by atoms with E-state index >= 15 is 0 Å². The average Bonchev–Trinajstić information content (AvgIpc) is 2.25. The molecule has 0 fully saturated rings. The van der Waals surface area contributed by atoms with Crippen LogP contribution in [0.5, 0.6) is 0 Å². The molecule has 0 heterocycles. The minimum atomic E-state index is -1.50. The molecule has 20 heavy (non-hydrogen) atoms. The molecule has 0 aromatic heterocycles. The zero-order valence-corrected chi connectivity index (χ0v) is 17.0. The number of aromatic carboxylic acids is 2. The van der Waals surface area contributed by atoms with E-state index in [0.29, 0.717) is 12.0 Å². The summed E-state index contributed by atoms with van der Waals surface area (Å²) in [7, 11) is 0. The van der Waals surface area contributed by atoms with Crippen LogP contribution in [0, 0.1) is 0 Å². The number of aryl methyl sites for hydroxylation is 1. The van der Waals surface area contributed by atoms with Gasteiger partial charge in [-0.2, -0.15) is 0 Å². The van der Waals surface area contributed by atoms with Crippen molar-refractivity contribution in [3.63, 3.8) is 0 Å². The molecule has 6 heteroatoms. The number of carbonyl (C=O) groups excluding carboxylic acids is 2. The molecule has 0 saturated heterocycles. The summed E-state index contributed by atoms with van der Waals surface area (Å²) in [5.74, 6) is -2.98. The van der Waals surface area contributed by atoms with Crippen LogP contribution in [-0.4, -0.2) is 11.9 Å². The van der Waals surface area contributed by atoms with E-state index in [-0.39, 0.29) is 70.2 Å². The normalized spacial score (nSPS) is 10.2. The summed E-state index contributed by atoms with van der Waals surface area (Å²) in [4.78, 5) is 22.3. The van der Waals surface area contributed by atoms with Crippen molar-refractivity contribution >= 4 is 11.9 Å². The Balaban J connectivity index is 0. The third-order valence-corrected chi connectivity index (χ3v) is 2.85. The third-order valence-electron chi connectivity index (χ3n) is 2.85. The summed E-state index contributed by atoms with van der Waals surface area (Å²) in [5, 5.41) is 22.3. The van der Waals surface area contributed by atoms with E-state index < -0.39 is 17.4 Å². The molecule has 1 aromatic carbocycles. The first-order chi connectivity index (χ1) is 8.20. The fourth-order valence-electron chi connectivity index (χ4n) is 2.18. The summed E-state index contributed by atoms with van der Waals surface area (Å²) < 4.78 is 0. The van der Waals surface area contributed by atoms with E-state index in [9.17, 15) is 19.8 Å². The molecule has 1 aromatic rings. The molecule has 0 radical (unpaired) electrons. The second kappa shape index (κ2) is 8.57. The Kier molecular flexibility index (Phi) is 9.61. The van der Waals surface area contributed by atoms with Gasteiger partial charge in [-0.05, 0) is 23.0 Å². The Morgan fingerprint density at radius 1 is 1.05 bits per heavy atom. The van der Waals surface area contributed by atoms with Crippen LogP contribution >= 0.6 is 0 Å². The van der Waals surface area contributed by atoms with Crippen molar-refractivity contribution < 1.29 is 78.9 Å². The van der Waals surface area contributed by atoms with Crippen molar-refractivity contribution in [1.29, 1.82) is 0 Å². The van der Waals surface area contributed by atoms with E-state index in [1.807, 2.05) is 27.7 Å². The first-order valence-corrected chi connectivity index (χ1v) is 5.79. The first-order valence-electron chi connectivity index (χ1n) is 5.79. The number of carboxylic acids is 2. The molecule has 0 unspecified atom stereocenters. The molecule has 0 bridgehead atoms. The van der Waals surface area contributed by atoms with E-state index in [0.717, 1.165) is 5.56 Å². The van der Waals surface area contributed by atoms with Crippen LogP contribution in [0.3, 0.4) is 0 Å². The molecule has 0 aliphatic heterocycles. The smallest absolute Gasteiger partial charge is 0.545 e. The van der Waals surface area contributed by atoms with Gasteiger partial charge in [-0.25, -0.2) is 0 Å². The van der Waals surface area contributed by atoms with Gasteiger partial charge in [-0.3, -0.25) is 0 Å². The quantitative estimate of drug-likeness (QED) is 0.520. The summed E-state index contributed by atoms with van der Waals surface area (Å²) in [5.41, 5.74) is 0.254. The number of carbonyl (C=O) groups is 2. The minimum absolute atomic E-state index is 0. The number of benzene rings is 1. The maximum Gasteiger partial charge on any atom is 1.00 e. The zero-order valence-electron chi connectivity index (χ0n) is 13.0. The molecule has 0 N–H and O–H groups in total. The Morgan fingerprint density at radius 2 is 1.55 bits per heavy atom. The van der Waals surface area contributed by atoms with E-state index in [1.165, 1.54) is 6.07 Å². The summed E-state index contributed by atoms with van der Waals surface area (Å²) in [6.45, 7) is 7.41. The van der Waals surface area contributed by atoms with Crippen molar-refractivity contribution in [2.45, 2.75) is 39.5 Å². The van der Waals surface area contributed by atoms with Crippen LogP contribution in [0.1, 0.15) is 59.5 Å². The van der Waals surface area contributed by atoms with Gasteiger partial charge in [0.15, 0.2) is 0 Å². The van der Waals surface area contributed by atoms with Crippen molar-refractivity contribution in [1.82, 2.24) is 0 Å². The molecular weight excluding hydrogens is 278 g/mol. The van der Waals surface area contributed by atoms with E-state index in [4.69, 9.17) is 0 Å². The van der Waals surface area contributed by atoms with E-state index in [2.05, 4.69) is 0 Å².